The van der Waals surface area contributed by atoms with Gasteiger partial charge >= 0.3 is 0 Å². The molecule has 0 radical (unpaired) electrons. The molecule has 1 aliphatic carbocycles. The summed E-state index contributed by atoms with van der Waals surface area (Å²) in [5, 5.41) is 0. The summed E-state index contributed by atoms with van der Waals surface area (Å²) in [7, 11) is 0. The van der Waals surface area contributed by atoms with E-state index in [-0.39, 0.29) is 17.4 Å². The largest absolute Gasteiger partial charge is 0.335 e. The normalized spacial score (nSPS) is 16.5. The van der Waals surface area contributed by atoms with Crippen molar-refractivity contribution in [2.24, 2.45) is 0 Å². The molecule has 0 saturated carbocycles. The highest BCUT2D eigenvalue weighted by atomic mass is 19.1. The second kappa shape index (κ2) is 6.90. The van der Waals surface area contributed by atoms with E-state index in [9.17, 15) is 14.0 Å². The number of benzene rings is 2. The number of nitrogens with zero attached hydrogens (tertiary/aromatic N) is 2. The summed E-state index contributed by atoms with van der Waals surface area (Å²) < 4.78 is 13.8. The van der Waals surface area contributed by atoms with Crippen LogP contribution in [0.2, 0.25) is 0 Å². The highest BCUT2D eigenvalue weighted by molar-refractivity contribution is 5.96. The molecule has 26 heavy (non-hydrogen) atoms. The Kier molecular flexibility index (Phi) is 4.45. The highest BCUT2D eigenvalue weighted by Gasteiger charge is 2.27. The molecule has 0 N–H and O–H groups in total. The van der Waals surface area contributed by atoms with Gasteiger partial charge in [-0.1, -0.05) is 18.2 Å². The molecule has 2 amide bonds. The number of hydrogen-bond acceptors (Lipinski definition) is 2. The van der Waals surface area contributed by atoms with Crippen LogP contribution in [0.5, 0.6) is 0 Å². The van der Waals surface area contributed by atoms with E-state index in [0.29, 0.717) is 26.2 Å². The fourth-order valence-electron chi connectivity index (χ4n) is 3.81. The zero-order valence-corrected chi connectivity index (χ0v) is 14.6. The van der Waals surface area contributed by atoms with Crippen molar-refractivity contribution in [1.29, 1.82) is 0 Å². The van der Waals surface area contributed by atoms with E-state index in [1.165, 1.54) is 23.3 Å². The Balaban J connectivity index is 1.41. The van der Waals surface area contributed by atoms with Crippen LogP contribution in [0.25, 0.3) is 0 Å². The Hall–Kier alpha value is -2.69. The van der Waals surface area contributed by atoms with Crippen LogP contribution in [-0.2, 0) is 12.8 Å². The molecule has 0 unspecified atom stereocenters. The summed E-state index contributed by atoms with van der Waals surface area (Å²) in [6, 6.07) is 12.0. The molecule has 1 heterocycles. The van der Waals surface area contributed by atoms with Crippen molar-refractivity contribution in [2.45, 2.75) is 19.3 Å². The molecule has 0 atom stereocenters. The van der Waals surface area contributed by atoms with Gasteiger partial charge in [0.25, 0.3) is 11.8 Å². The maximum atomic E-state index is 13.8. The third kappa shape index (κ3) is 3.09. The minimum atomic E-state index is -0.505. The Morgan fingerprint density at radius 2 is 1.46 bits per heavy atom. The molecule has 4 rings (SSSR count). The van der Waals surface area contributed by atoms with Crippen molar-refractivity contribution < 1.29 is 14.0 Å². The first-order valence-electron chi connectivity index (χ1n) is 9.08. The summed E-state index contributed by atoms with van der Waals surface area (Å²) >= 11 is 0. The lowest BCUT2D eigenvalue weighted by molar-refractivity contribution is 0.0533. The molecule has 1 saturated heterocycles. The van der Waals surface area contributed by atoms with Gasteiger partial charge in [-0.25, -0.2) is 4.39 Å². The van der Waals surface area contributed by atoms with Gasteiger partial charge in [-0.05, 0) is 54.7 Å². The molecule has 5 heteroatoms. The van der Waals surface area contributed by atoms with Gasteiger partial charge < -0.3 is 9.80 Å². The Morgan fingerprint density at radius 3 is 2.19 bits per heavy atom. The van der Waals surface area contributed by atoms with Gasteiger partial charge in [0.05, 0.1) is 5.56 Å². The van der Waals surface area contributed by atoms with Crippen LogP contribution in [0, 0.1) is 5.82 Å². The van der Waals surface area contributed by atoms with E-state index in [1.807, 2.05) is 12.1 Å². The lowest BCUT2D eigenvalue weighted by Gasteiger charge is -2.35. The third-order valence-electron chi connectivity index (χ3n) is 5.30. The first-order valence-corrected chi connectivity index (χ1v) is 9.08. The zero-order valence-electron chi connectivity index (χ0n) is 14.6. The molecule has 4 nitrogen and oxygen atoms in total. The molecule has 2 aliphatic rings. The van der Waals surface area contributed by atoms with Crippen molar-refractivity contribution in [3.8, 4) is 0 Å². The summed E-state index contributed by atoms with van der Waals surface area (Å²) in [5.74, 6) is -0.806. The summed E-state index contributed by atoms with van der Waals surface area (Å²) in [4.78, 5) is 28.6. The number of piperazine rings is 1. The first kappa shape index (κ1) is 16.8. The van der Waals surface area contributed by atoms with Crippen LogP contribution in [0.4, 0.5) is 4.39 Å². The molecular formula is C21H21FN2O2. The number of carbonyl (C=O) groups excluding carboxylic acids is 2. The Bertz CT molecular complexity index is 857. The molecule has 0 bridgehead atoms. The average Bonchev–Trinajstić information content (AvgIpc) is 3.15. The summed E-state index contributed by atoms with van der Waals surface area (Å²) in [6.07, 6.45) is 3.30. The third-order valence-corrected chi connectivity index (χ3v) is 5.30. The van der Waals surface area contributed by atoms with E-state index in [0.717, 1.165) is 24.8 Å². The number of amides is 2. The number of halogens is 1. The lowest BCUT2D eigenvalue weighted by Crippen LogP contribution is -2.50. The van der Waals surface area contributed by atoms with Crippen molar-refractivity contribution in [2.75, 3.05) is 26.2 Å². The van der Waals surface area contributed by atoms with E-state index < -0.39 is 5.82 Å². The molecule has 1 fully saturated rings. The minimum Gasteiger partial charge on any atom is -0.335 e. The quantitative estimate of drug-likeness (QED) is 0.834. The van der Waals surface area contributed by atoms with E-state index >= 15 is 0 Å². The van der Waals surface area contributed by atoms with Crippen LogP contribution in [0.15, 0.2) is 42.5 Å². The number of hydrogen-bond donors (Lipinski definition) is 0. The first-order chi connectivity index (χ1) is 12.6. The SMILES string of the molecule is O=C(c1ccc2c(c1)CCC2)N1CCN(C(=O)c2ccccc2F)CC1. The Labute approximate surface area is 152 Å². The average molecular weight is 352 g/mol. The van der Waals surface area contributed by atoms with Crippen LogP contribution in [-0.4, -0.2) is 47.8 Å². The molecular weight excluding hydrogens is 331 g/mol. The Morgan fingerprint density at radius 1 is 0.808 bits per heavy atom. The fourth-order valence-corrected chi connectivity index (χ4v) is 3.81. The van der Waals surface area contributed by atoms with Crippen LogP contribution in [0.3, 0.4) is 0 Å². The van der Waals surface area contributed by atoms with Gasteiger partial charge in [0.15, 0.2) is 0 Å². The molecule has 0 spiro atoms. The fraction of sp³-hybridized carbons (Fsp3) is 0.333. The molecule has 2 aromatic rings. The maximum Gasteiger partial charge on any atom is 0.256 e. The van der Waals surface area contributed by atoms with Crippen molar-refractivity contribution >= 4 is 11.8 Å². The standard InChI is InChI=1S/C21H21FN2O2/c22-19-7-2-1-6-18(19)21(26)24-12-10-23(11-13-24)20(25)17-9-8-15-4-3-5-16(15)14-17/h1-2,6-9,14H,3-5,10-13H2. The second-order valence-electron chi connectivity index (χ2n) is 6.90. The van der Waals surface area contributed by atoms with Gasteiger partial charge in [-0.2, -0.15) is 0 Å². The highest BCUT2D eigenvalue weighted by Crippen LogP contribution is 2.23. The molecule has 134 valence electrons. The van der Waals surface area contributed by atoms with Crippen LogP contribution >= 0.6 is 0 Å². The van der Waals surface area contributed by atoms with Crippen molar-refractivity contribution in [3.05, 3.63) is 70.5 Å². The topological polar surface area (TPSA) is 40.6 Å². The van der Waals surface area contributed by atoms with Crippen molar-refractivity contribution in [1.82, 2.24) is 9.80 Å². The van der Waals surface area contributed by atoms with Crippen LogP contribution < -0.4 is 0 Å². The van der Waals surface area contributed by atoms with E-state index in [1.54, 1.807) is 21.9 Å². The smallest absolute Gasteiger partial charge is 0.256 e. The van der Waals surface area contributed by atoms with E-state index in [2.05, 4.69) is 6.07 Å². The van der Waals surface area contributed by atoms with Gasteiger partial charge in [0.2, 0.25) is 0 Å². The zero-order chi connectivity index (χ0) is 18.1. The number of aryl methyl sites for hydroxylation is 2. The van der Waals surface area contributed by atoms with Crippen molar-refractivity contribution in [3.63, 3.8) is 0 Å². The minimum absolute atomic E-state index is 0.0118. The predicted molar refractivity (Wildman–Crippen MR) is 96.7 cm³/mol. The molecule has 0 aromatic heterocycles. The summed E-state index contributed by atoms with van der Waals surface area (Å²) in [6.45, 7) is 1.78. The predicted octanol–water partition coefficient (Wildman–Crippen LogP) is 2.91. The number of carbonyl (C=O) groups is 2. The number of fused-ring (bicyclic) bond motifs is 1. The van der Waals surface area contributed by atoms with Gasteiger partial charge in [0, 0.05) is 31.7 Å². The lowest BCUT2D eigenvalue weighted by atomic mass is 10.1. The second-order valence-corrected chi connectivity index (χ2v) is 6.90. The van der Waals surface area contributed by atoms with E-state index in [4.69, 9.17) is 0 Å². The maximum absolute atomic E-state index is 13.8. The van der Waals surface area contributed by atoms with Crippen LogP contribution in [0.1, 0.15) is 38.3 Å². The van der Waals surface area contributed by atoms with Gasteiger partial charge in [-0.15, -0.1) is 0 Å². The summed E-state index contributed by atoms with van der Waals surface area (Å²) in [5.41, 5.74) is 3.44. The van der Waals surface area contributed by atoms with Gasteiger partial charge in [-0.3, -0.25) is 9.59 Å². The monoisotopic (exact) mass is 352 g/mol. The molecule has 2 aromatic carbocycles. The van der Waals surface area contributed by atoms with Gasteiger partial charge in [0.1, 0.15) is 5.82 Å². The number of rotatable bonds is 2. The molecule has 1 aliphatic heterocycles.